The molecule has 0 heterocycles. The average molecular weight is 526 g/mol. The van der Waals surface area contributed by atoms with Gasteiger partial charge in [0.15, 0.2) is 34.9 Å². The highest BCUT2D eigenvalue weighted by atomic mass is 19.2. The number of ether oxygens (including phenoxy) is 2. The third kappa shape index (κ3) is 4.52. The average Bonchev–Trinajstić information content (AvgIpc) is 2.89. The van der Waals surface area contributed by atoms with Crippen LogP contribution < -0.4 is 9.47 Å². The van der Waals surface area contributed by atoms with E-state index in [0.717, 1.165) is 12.1 Å². The van der Waals surface area contributed by atoms with Crippen LogP contribution in [0.4, 0.5) is 26.3 Å². The van der Waals surface area contributed by atoms with Gasteiger partial charge >= 0.3 is 11.9 Å². The molecule has 0 unspecified atom stereocenters. The minimum Gasteiger partial charge on any atom is -0.423 e. The fraction of sp³-hybridized carbons (Fsp3) is 0. The lowest BCUT2D eigenvalue weighted by molar-refractivity contribution is 0.0718. The summed E-state index contributed by atoms with van der Waals surface area (Å²) in [6.07, 6.45) is 0. The summed E-state index contributed by atoms with van der Waals surface area (Å²) in [5.41, 5.74) is -1.54. The summed E-state index contributed by atoms with van der Waals surface area (Å²) >= 11 is 0. The zero-order valence-corrected chi connectivity index (χ0v) is 18.8. The molecule has 190 valence electrons. The van der Waals surface area contributed by atoms with E-state index >= 15 is 0 Å². The Morgan fingerprint density at radius 3 is 1.24 bits per heavy atom. The molecule has 5 aromatic rings. The molecule has 0 aliphatic carbocycles. The van der Waals surface area contributed by atoms with E-state index in [-0.39, 0.29) is 11.5 Å². The van der Waals surface area contributed by atoms with Crippen molar-refractivity contribution >= 4 is 33.5 Å². The number of carbonyl (C=O) groups excluding carboxylic acids is 2. The second-order valence-corrected chi connectivity index (χ2v) is 8.09. The molecule has 0 spiro atoms. The number of esters is 2. The zero-order valence-electron chi connectivity index (χ0n) is 18.8. The lowest BCUT2D eigenvalue weighted by Crippen LogP contribution is -2.12. The van der Waals surface area contributed by atoms with Gasteiger partial charge in [0.1, 0.15) is 11.5 Å². The number of rotatable bonds is 4. The van der Waals surface area contributed by atoms with Crippen LogP contribution in [0.2, 0.25) is 0 Å². The van der Waals surface area contributed by atoms with Crippen LogP contribution in [0.25, 0.3) is 21.5 Å². The van der Waals surface area contributed by atoms with Crippen molar-refractivity contribution in [3.05, 3.63) is 119 Å². The zero-order chi connectivity index (χ0) is 27.1. The molecule has 0 fully saturated rings. The maximum Gasteiger partial charge on any atom is 0.346 e. The molecule has 0 N–H and O–H groups in total. The molecular formula is C28H12F6O4. The Balaban J connectivity index is 1.40. The Labute approximate surface area is 209 Å². The summed E-state index contributed by atoms with van der Waals surface area (Å²) in [6.45, 7) is 0. The first-order valence-corrected chi connectivity index (χ1v) is 10.8. The maximum absolute atomic E-state index is 13.9. The molecule has 5 rings (SSSR count). The van der Waals surface area contributed by atoms with Crippen molar-refractivity contribution in [1.82, 2.24) is 0 Å². The van der Waals surface area contributed by atoms with E-state index in [1.165, 1.54) is 24.3 Å². The van der Waals surface area contributed by atoms with E-state index in [2.05, 4.69) is 0 Å². The standard InChI is InChI=1S/C28H12F6O4/c29-21-7-5-19(23(31)25(21)33)27(35)37-17-3-1-13-9-16-12-18(4-2-14(16)10-15(13)11-17)38-28(36)20-6-8-22(30)26(34)24(20)32/h1-12H. The van der Waals surface area contributed by atoms with Crippen LogP contribution in [0.5, 0.6) is 11.5 Å². The summed E-state index contributed by atoms with van der Waals surface area (Å²) in [4.78, 5) is 24.6. The van der Waals surface area contributed by atoms with E-state index in [1.807, 2.05) is 0 Å². The Bertz CT molecular complexity index is 1650. The van der Waals surface area contributed by atoms with E-state index in [0.29, 0.717) is 33.7 Å². The van der Waals surface area contributed by atoms with Gasteiger partial charge in [-0.2, -0.15) is 0 Å². The topological polar surface area (TPSA) is 52.6 Å². The van der Waals surface area contributed by atoms with Gasteiger partial charge in [-0.25, -0.2) is 35.9 Å². The second-order valence-electron chi connectivity index (χ2n) is 8.09. The van der Waals surface area contributed by atoms with Crippen molar-refractivity contribution in [2.45, 2.75) is 0 Å². The molecule has 38 heavy (non-hydrogen) atoms. The quantitative estimate of drug-likeness (QED) is 0.0813. The third-order valence-electron chi connectivity index (χ3n) is 5.67. The number of benzene rings is 5. The molecule has 0 bridgehead atoms. The van der Waals surface area contributed by atoms with Crippen molar-refractivity contribution in [1.29, 1.82) is 0 Å². The largest absolute Gasteiger partial charge is 0.423 e. The van der Waals surface area contributed by atoms with Crippen molar-refractivity contribution in [2.24, 2.45) is 0 Å². The fourth-order valence-electron chi connectivity index (χ4n) is 3.77. The molecule has 0 saturated carbocycles. The molecule has 0 aliphatic heterocycles. The molecule has 10 heteroatoms. The van der Waals surface area contributed by atoms with Crippen LogP contribution in [0.3, 0.4) is 0 Å². The number of fused-ring (bicyclic) bond motifs is 2. The predicted octanol–water partition coefficient (Wildman–Crippen LogP) is 7.27. The first-order valence-electron chi connectivity index (χ1n) is 10.8. The van der Waals surface area contributed by atoms with Crippen LogP contribution in [-0.4, -0.2) is 11.9 Å². The van der Waals surface area contributed by atoms with Crippen molar-refractivity contribution < 1.29 is 45.4 Å². The third-order valence-corrected chi connectivity index (χ3v) is 5.67. The summed E-state index contributed by atoms with van der Waals surface area (Å²) in [6, 6.07) is 15.1. The normalized spacial score (nSPS) is 11.1. The highest BCUT2D eigenvalue weighted by Gasteiger charge is 2.22. The molecular weight excluding hydrogens is 514 g/mol. The Morgan fingerprint density at radius 2 is 0.842 bits per heavy atom. The molecule has 0 aliphatic rings. The van der Waals surface area contributed by atoms with Gasteiger partial charge in [-0.15, -0.1) is 0 Å². The number of halogens is 6. The van der Waals surface area contributed by atoms with Gasteiger partial charge in [-0.3, -0.25) is 0 Å². The van der Waals surface area contributed by atoms with Gasteiger partial charge in [-0.05, 0) is 82.2 Å². The lowest BCUT2D eigenvalue weighted by Gasteiger charge is -2.10. The summed E-state index contributed by atoms with van der Waals surface area (Å²) in [7, 11) is 0. The van der Waals surface area contributed by atoms with Gasteiger partial charge in [-0.1, -0.05) is 12.1 Å². The van der Waals surface area contributed by atoms with Gasteiger partial charge in [0.2, 0.25) is 0 Å². The molecule has 0 saturated heterocycles. The highest BCUT2D eigenvalue weighted by molar-refractivity contribution is 6.00. The summed E-state index contributed by atoms with van der Waals surface area (Å²) in [5, 5.41) is 2.52. The van der Waals surface area contributed by atoms with Gasteiger partial charge in [0.05, 0.1) is 11.1 Å². The highest BCUT2D eigenvalue weighted by Crippen LogP contribution is 2.30. The molecule has 0 radical (unpaired) electrons. The smallest absolute Gasteiger partial charge is 0.346 e. The van der Waals surface area contributed by atoms with Crippen LogP contribution in [0.15, 0.2) is 72.8 Å². The van der Waals surface area contributed by atoms with E-state index in [4.69, 9.17) is 9.47 Å². The number of hydrogen-bond acceptors (Lipinski definition) is 4. The maximum atomic E-state index is 13.9. The van der Waals surface area contributed by atoms with Crippen molar-refractivity contribution in [3.63, 3.8) is 0 Å². The first-order chi connectivity index (χ1) is 18.1. The summed E-state index contributed by atoms with van der Waals surface area (Å²) < 4.78 is 91.2. The predicted molar refractivity (Wildman–Crippen MR) is 124 cm³/mol. The van der Waals surface area contributed by atoms with Crippen LogP contribution in [0.1, 0.15) is 20.7 Å². The molecule has 0 amide bonds. The van der Waals surface area contributed by atoms with Crippen LogP contribution in [0, 0.1) is 34.9 Å². The number of carbonyl (C=O) groups is 2. The van der Waals surface area contributed by atoms with Crippen molar-refractivity contribution in [2.75, 3.05) is 0 Å². The van der Waals surface area contributed by atoms with E-state index in [1.54, 1.807) is 24.3 Å². The minimum atomic E-state index is -1.79. The summed E-state index contributed by atoms with van der Waals surface area (Å²) in [5.74, 6) is -12.2. The Hall–Kier alpha value is -4.86. The Kier molecular flexibility index (Phi) is 6.23. The Morgan fingerprint density at radius 1 is 0.447 bits per heavy atom. The molecule has 4 nitrogen and oxygen atoms in total. The SMILES string of the molecule is O=C(Oc1ccc2cc3cc(OC(=O)c4ccc(F)c(F)c4F)ccc3cc2c1)c1ccc(F)c(F)c1F. The lowest BCUT2D eigenvalue weighted by atomic mass is 10.0. The molecule has 5 aromatic carbocycles. The fourth-order valence-corrected chi connectivity index (χ4v) is 3.77. The van der Waals surface area contributed by atoms with E-state index in [9.17, 15) is 35.9 Å². The second kappa shape index (κ2) is 9.55. The van der Waals surface area contributed by atoms with E-state index < -0.39 is 58.0 Å². The van der Waals surface area contributed by atoms with Crippen LogP contribution in [-0.2, 0) is 0 Å². The van der Waals surface area contributed by atoms with Gasteiger partial charge < -0.3 is 9.47 Å². The molecule has 0 aromatic heterocycles. The minimum absolute atomic E-state index is 0.0186. The van der Waals surface area contributed by atoms with Gasteiger partial charge in [0.25, 0.3) is 0 Å². The van der Waals surface area contributed by atoms with Gasteiger partial charge in [0, 0.05) is 0 Å². The monoisotopic (exact) mass is 526 g/mol. The van der Waals surface area contributed by atoms with Crippen LogP contribution >= 0.6 is 0 Å². The van der Waals surface area contributed by atoms with Crippen molar-refractivity contribution in [3.8, 4) is 11.5 Å². The number of hydrogen-bond donors (Lipinski definition) is 0. The molecule has 0 atom stereocenters. The first kappa shape index (κ1) is 24.8.